The Labute approximate surface area is 202 Å². The summed E-state index contributed by atoms with van der Waals surface area (Å²) in [6.07, 6.45) is 4.07. The maximum absolute atomic E-state index is 13.3. The van der Waals surface area contributed by atoms with Gasteiger partial charge in [-0.1, -0.05) is 97.9 Å². The van der Waals surface area contributed by atoms with Gasteiger partial charge in [0.2, 0.25) is 0 Å². The van der Waals surface area contributed by atoms with Crippen molar-refractivity contribution in [1.82, 2.24) is 4.90 Å². The number of carboxylic acid groups (broad SMARTS) is 1. The van der Waals surface area contributed by atoms with Gasteiger partial charge in [-0.3, -0.25) is 9.69 Å². The predicted molar refractivity (Wildman–Crippen MR) is 137 cm³/mol. The molecule has 4 atom stereocenters. The fourth-order valence-corrected chi connectivity index (χ4v) is 6.38. The minimum atomic E-state index is -0.872. The first-order chi connectivity index (χ1) is 16.5. The van der Waals surface area contributed by atoms with E-state index >= 15 is 0 Å². The molecular formula is C31H33NO2. The highest BCUT2D eigenvalue weighted by Gasteiger charge is 2.62. The van der Waals surface area contributed by atoms with Gasteiger partial charge < -0.3 is 5.11 Å². The summed E-state index contributed by atoms with van der Waals surface area (Å²) in [7, 11) is 0. The summed E-state index contributed by atoms with van der Waals surface area (Å²) in [4.78, 5) is 15.7. The maximum atomic E-state index is 13.3. The standard InChI is InChI=1S/C31H33NO2/c1-3-23-14-16-25(17-15-23)27-18-19-28(26-12-8-5-9-13-26)31(30(33)34)21-32(22(2)29(27)31)20-24-10-6-4-7-11-24/h4-18,22,28-29H,3,19-21H2,1-2H3,(H,33,34). The Hall–Kier alpha value is -3.17. The molecule has 2 aliphatic rings. The zero-order valence-electron chi connectivity index (χ0n) is 20.0. The van der Waals surface area contributed by atoms with E-state index < -0.39 is 11.4 Å². The summed E-state index contributed by atoms with van der Waals surface area (Å²) in [6.45, 7) is 5.69. The van der Waals surface area contributed by atoms with Gasteiger partial charge in [0.05, 0.1) is 5.41 Å². The molecule has 4 unspecified atom stereocenters. The molecule has 174 valence electrons. The SMILES string of the molecule is CCc1ccc(C2=CCC(c3ccccc3)C3(C(=O)O)CN(Cc4ccccc4)C(C)C23)cc1. The number of carbonyl (C=O) groups is 1. The maximum Gasteiger partial charge on any atom is 0.312 e. The van der Waals surface area contributed by atoms with Crippen LogP contribution in [0.1, 0.15) is 48.4 Å². The number of likely N-dealkylation sites (tertiary alicyclic amines) is 1. The van der Waals surface area contributed by atoms with Crippen molar-refractivity contribution in [1.29, 1.82) is 0 Å². The Balaban J connectivity index is 1.62. The number of allylic oxidation sites excluding steroid dienone is 1. The summed E-state index contributed by atoms with van der Waals surface area (Å²) in [5.41, 5.74) is 5.14. The van der Waals surface area contributed by atoms with Crippen LogP contribution in [0.15, 0.2) is 91.0 Å². The van der Waals surface area contributed by atoms with Crippen LogP contribution in [0.2, 0.25) is 0 Å². The largest absolute Gasteiger partial charge is 0.481 e. The summed E-state index contributed by atoms with van der Waals surface area (Å²) >= 11 is 0. The van der Waals surface area contributed by atoms with Crippen LogP contribution in [0.4, 0.5) is 0 Å². The second kappa shape index (κ2) is 9.23. The summed E-state index contributed by atoms with van der Waals surface area (Å²) in [5.74, 6) is -0.817. The Morgan fingerprint density at radius 2 is 1.59 bits per heavy atom. The van der Waals surface area contributed by atoms with E-state index in [1.165, 1.54) is 16.7 Å². The monoisotopic (exact) mass is 451 g/mol. The minimum Gasteiger partial charge on any atom is -0.481 e. The molecule has 1 saturated heterocycles. The van der Waals surface area contributed by atoms with E-state index in [4.69, 9.17) is 0 Å². The highest BCUT2D eigenvalue weighted by molar-refractivity contribution is 5.85. The van der Waals surface area contributed by atoms with Gasteiger partial charge in [-0.05, 0) is 47.6 Å². The first-order valence-electron chi connectivity index (χ1n) is 12.4. The van der Waals surface area contributed by atoms with Gasteiger partial charge in [0.1, 0.15) is 0 Å². The van der Waals surface area contributed by atoms with Crippen molar-refractivity contribution >= 4 is 11.5 Å². The van der Waals surface area contributed by atoms with Crippen molar-refractivity contribution in [3.05, 3.63) is 113 Å². The molecule has 0 radical (unpaired) electrons. The number of aryl methyl sites for hydroxylation is 1. The molecular weight excluding hydrogens is 418 g/mol. The first kappa shape index (κ1) is 22.6. The van der Waals surface area contributed by atoms with E-state index in [2.05, 4.69) is 85.5 Å². The van der Waals surface area contributed by atoms with Gasteiger partial charge in [0, 0.05) is 31.0 Å². The number of rotatable bonds is 6. The van der Waals surface area contributed by atoms with Crippen molar-refractivity contribution in [3.8, 4) is 0 Å². The third-order valence-electron chi connectivity index (χ3n) is 8.13. The predicted octanol–water partition coefficient (Wildman–Crippen LogP) is 6.41. The molecule has 1 aliphatic carbocycles. The van der Waals surface area contributed by atoms with Crippen molar-refractivity contribution in [2.24, 2.45) is 11.3 Å². The summed E-state index contributed by atoms with van der Waals surface area (Å²) in [5, 5.41) is 10.9. The number of benzene rings is 3. The summed E-state index contributed by atoms with van der Waals surface area (Å²) < 4.78 is 0. The number of carboxylic acids is 1. The van der Waals surface area contributed by atoms with Crippen LogP contribution < -0.4 is 0 Å². The van der Waals surface area contributed by atoms with E-state index in [1.807, 2.05) is 24.3 Å². The molecule has 1 heterocycles. The lowest BCUT2D eigenvalue weighted by atomic mass is 9.57. The van der Waals surface area contributed by atoms with E-state index in [-0.39, 0.29) is 17.9 Å². The lowest BCUT2D eigenvalue weighted by Gasteiger charge is -2.43. The second-order valence-corrected chi connectivity index (χ2v) is 9.86. The number of hydrogen-bond acceptors (Lipinski definition) is 2. The van der Waals surface area contributed by atoms with Gasteiger partial charge in [-0.25, -0.2) is 0 Å². The van der Waals surface area contributed by atoms with Gasteiger partial charge in [0.15, 0.2) is 0 Å². The van der Waals surface area contributed by atoms with Crippen molar-refractivity contribution in [2.45, 2.75) is 45.2 Å². The van der Waals surface area contributed by atoms with E-state index in [1.54, 1.807) is 0 Å². The van der Waals surface area contributed by atoms with Gasteiger partial charge in [0.25, 0.3) is 0 Å². The van der Waals surface area contributed by atoms with E-state index in [9.17, 15) is 9.90 Å². The van der Waals surface area contributed by atoms with Gasteiger partial charge >= 0.3 is 5.97 Å². The zero-order chi connectivity index (χ0) is 23.7. The molecule has 1 aliphatic heterocycles. The Bertz CT molecular complexity index is 1170. The molecule has 3 aromatic rings. The van der Waals surface area contributed by atoms with Crippen LogP contribution in [0.25, 0.3) is 5.57 Å². The number of nitrogens with zero attached hydrogens (tertiary/aromatic N) is 1. The normalized spacial score (nSPS) is 26.6. The molecule has 0 aromatic heterocycles. The topological polar surface area (TPSA) is 40.5 Å². The lowest BCUT2D eigenvalue weighted by molar-refractivity contribution is -0.151. The molecule has 5 rings (SSSR count). The first-order valence-corrected chi connectivity index (χ1v) is 12.4. The Morgan fingerprint density at radius 1 is 0.941 bits per heavy atom. The van der Waals surface area contributed by atoms with Crippen LogP contribution in [0.3, 0.4) is 0 Å². The molecule has 3 aromatic carbocycles. The quantitative estimate of drug-likeness (QED) is 0.471. The Morgan fingerprint density at radius 3 is 2.21 bits per heavy atom. The molecule has 0 saturated carbocycles. The lowest BCUT2D eigenvalue weighted by Crippen LogP contribution is -2.47. The van der Waals surface area contributed by atoms with Crippen LogP contribution in [-0.2, 0) is 17.8 Å². The highest BCUT2D eigenvalue weighted by Crippen LogP contribution is 2.59. The molecule has 34 heavy (non-hydrogen) atoms. The molecule has 1 N–H and O–H groups in total. The number of aliphatic carboxylic acids is 1. The molecule has 3 heteroatoms. The van der Waals surface area contributed by atoms with Gasteiger partial charge in [-0.15, -0.1) is 0 Å². The number of fused-ring (bicyclic) bond motifs is 1. The molecule has 1 fully saturated rings. The van der Waals surface area contributed by atoms with E-state index in [0.717, 1.165) is 30.5 Å². The summed E-state index contributed by atoms with van der Waals surface area (Å²) in [6, 6.07) is 29.5. The molecule has 0 amide bonds. The van der Waals surface area contributed by atoms with Crippen LogP contribution >= 0.6 is 0 Å². The fourth-order valence-electron chi connectivity index (χ4n) is 6.38. The van der Waals surface area contributed by atoms with Crippen molar-refractivity contribution in [2.75, 3.05) is 6.54 Å². The van der Waals surface area contributed by atoms with Crippen molar-refractivity contribution in [3.63, 3.8) is 0 Å². The highest BCUT2D eigenvalue weighted by atomic mass is 16.4. The molecule has 0 bridgehead atoms. The molecule has 0 spiro atoms. The smallest absolute Gasteiger partial charge is 0.312 e. The molecule has 3 nitrogen and oxygen atoms in total. The van der Waals surface area contributed by atoms with Crippen LogP contribution in [0, 0.1) is 11.3 Å². The average Bonchev–Trinajstić information content (AvgIpc) is 3.18. The average molecular weight is 452 g/mol. The van der Waals surface area contributed by atoms with E-state index in [0.29, 0.717) is 6.54 Å². The van der Waals surface area contributed by atoms with Crippen LogP contribution in [0.5, 0.6) is 0 Å². The van der Waals surface area contributed by atoms with Gasteiger partial charge in [-0.2, -0.15) is 0 Å². The third-order valence-corrected chi connectivity index (χ3v) is 8.13. The van der Waals surface area contributed by atoms with Crippen LogP contribution in [-0.4, -0.2) is 28.6 Å². The minimum absolute atomic E-state index is 0.0573. The Kier molecular flexibility index (Phi) is 6.14. The second-order valence-electron chi connectivity index (χ2n) is 9.86. The fraction of sp³-hybridized carbons (Fsp3) is 0.323. The third kappa shape index (κ3) is 3.78. The van der Waals surface area contributed by atoms with Crippen molar-refractivity contribution < 1.29 is 9.90 Å². The number of hydrogen-bond donors (Lipinski definition) is 1. The zero-order valence-corrected chi connectivity index (χ0v) is 20.0.